The number of nitrogens with two attached hydrogens (primary N) is 1. The normalized spacial score (nSPS) is 13.5. The van der Waals surface area contributed by atoms with E-state index in [0.29, 0.717) is 0 Å². The van der Waals surface area contributed by atoms with Gasteiger partial charge in [0.05, 0.1) is 12.1 Å². The van der Waals surface area contributed by atoms with Gasteiger partial charge in [-0.15, -0.1) is 12.3 Å². The van der Waals surface area contributed by atoms with Gasteiger partial charge in [0.2, 0.25) is 5.91 Å². The van der Waals surface area contributed by atoms with E-state index in [9.17, 15) is 9.18 Å². The van der Waals surface area contributed by atoms with Crippen molar-refractivity contribution in [3.05, 3.63) is 35.6 Å². The van der Waals surface area contributed by atoms with Crippen LogP contribution in [0.2, 0.25) is 0 Å². The van der Waals surface area contributed by atoms with Crippen LogP contribution in [0.4, 0.5) is 4.39 Å². The molecule has 2 atom stereocenters. The van der Waals surface area contributed by atoms with Gasteiger partial charge in [-0.1, -0.05) is 12.1 Å². The largest absolute Gasteiger partial charge is 0.348 e. The number of terminal acetylenes is 1. The Balaban J connectivity index is 2.60. The Labute approximate surface area is 100 Å². The molecule has 1 aromatic carbocycles. The third-order valence-electron chi connectivity index (χ3n) is 2.40. The molecule has 17 heavy (non-hydrogen) atoms. The third-order valence-corrected chi connectivity index (χ3v) is 2.40. The summed E-state index contributed by atoms with van der Waals surface area (Å²) in [6, 6.07) is 4.99. The Kier molecular flexibility index (Phi) is 4.68. The van der Waals surface area contributed by atoms with E-state index in [4.69, 9.17) is 12.2 Å². The molecule has 0 saturated carbocycles. The molecule has 0 fully saturated rings. The van der Waals surface area contributed by atoms with E-state index in [1.807, 2.05) is 0 Å². The van der Waals surface area contributed by atoms with Crippen molar-refractivity contribution in [1.82, 2.24) is 5.32 Å². The minimum atomic E-state index is -0.706. The number of hydrogen-bond donors (Lipinski definition) is 2. The first-order chi connectivity index (χ1) is 8.04. The SMILES string of the molecule is C#CCC(N)C(=O)N[C@@H](C)c1ccc(F)cc1. The third kappa shape index (κ3) is 3.89. The standard InChI is InChI=1S/C13H15FN2O/c1-3-4-12(15)13(17)16-9(2)10-5-7-11(14)8-6-10/h1,5-9,12H,4,15H2,2H3,(H,16,17)/t9-,12?/m0/s1. The zero-order valence-corrected chi connectivity index (χ0v) is 9.61. The molecule has 1 amide bonds. The zero-order chi connectivity index (χ0) is 12.8. The molecule has 0 aliphatic heterocycles. The second-order valence-corrected chi connectivity index (χ2v) is 3.80. The van der Waals surface area contributed by atoms with Gasteiger partial charge < -0.3 is 11.1 Å². The van der Waals surface area contributed by atoms with Crippen LogP contribution in [0.25, 0.3) is 0 Å². The molecule has 3 nitrogen and oxygen atoms in total. The lowest BCUT2D eigenvalue weighted by atomic mass is 10.1. The first kappa shape index (κ1) is 13.2. The lowest BCUT2D eigenvalue weighted by Gasteiger charge is -2.16. The van der Waals surface area contributed by atoms with E-state index < -0.39 is 6.04 Å². The summed E-state index contributed by atoms with van der Waals surface area (Å²) in [5, 5.41) is 2.72. The predicted molar refractivity (Wildman–Crippen MR) is 64.4 cm³/mol. The molecule has 1 unspecified atom stereocenters. The number of benzene rings is 1. The second-order valence-electron chi connectivity index (χ2n) is 3.80. The van der Waals surface area contributed by atoms with Crippen LogP contribution in [-0.4, -0.2) is 11.9 Å². The Bertz CT molecular complexity index is 422. The zero-order valence-electron chi connectivity index (χ0n) is 9.61. The topological polar surface area (TPSA) is 55.1 Å². The van der Waals surface area contributed by atoms with E-state index in [2.05, 4.69) is 11.2 Å². The highest BCUT2D eigenvalue weighted by atomic mass is 19.1. The van der Waals surface area contributed by atoms with Crippen LogP contribution < -0.4 is 11.1 Å². The summed E-state index contributed by atoms with van der Waals surface area (Å²) in [6.45, 7) is 1.80. The Hall–Kier alpha value is -1.86. The molecule has 0 aliphatic carbocycles. The molecule has 0 saturated heterocycles. The summed E-state index contributed by atoms with van der Waals surface area (Å²) in [4.78, 5) is 11.6. The Morgan fingerprint density at radius 3 is 2.65 bits per heavy atom. The lowest BCUT2D eigenvalue weighted by Crippen LogP contribution is -2.41. The fourth-order valence-electron chi connectivity index (χ4n) is 1.37. The van der Waals surface area contributed by atoms with Gasteiger partial charge >= 0.3 is 0 Å². The molecule has 0 spiro atoms. The summed E-state index contributed by atoms with van der Waals surface area (Å²) in [5.74, 6) is 1.72. The minimum Gasteiger partial charge on any atom is -0.348 e. The number of amides is 1. The van der Waals surface area contributed by atoms with Gasteiger partial charge in [0, 0.05) is 6.42 Å². The number of halogens is 1. The van der Waals surface area contributed by atoms with Crippen LogP contribution in [0, 0.1) is 18.2 Å². The maximum atomic E-state index is 12.7. The number of nitrogens with one attached hydrogen (secondary N) is 1. The number of rotatable bonds is 4. The van der Waals surface area contributed by atoms with Gasteiger partial charge in [-0.2, -0.15) is 0 Å². The number of hydrogen-bond acceptors (Lipinski definition) is 2. The first-order valence-corrected chi connectivity index (χ1v) is 5.29. The smallest absolute Gasteiger partial charge is 0.238 e. The summed E-state index contributed by atoms with van der Waals surface area (Å²) in [7, 11) is 0. The quantitative estimate of drug-likeness (QED) is 0.773. The summed E-state index contributed by atoms with van der Waals surface area (Å²) >= 11 is 0. The highest BCUT2D eigenvalue weighted by molar-refractivity contribution is 5.82. The van der Waals surface area contributed by atoms with Gasteiger partial charge in [-0.25, -0.2) is 4.39 Å². The van der Waals surface area contributed by atoms with Crippen LogP contribution in [0.5, 0.6) is 0 Å². The highest BCUT2D eigenvalue weighted by Gasteiger charge is 2.15. The van der Waals surface area contributed by atoms with Crippen molar-refractivity contribution in [2.75, 3.05) is 0 Å². The fraction of sp³-hybridized carbons (Fsp3) is 0.308. The molecular weight excluding hydrogens is 219 g/mol. The van der Waals surface area contributed by atoms with Gasteiger partial charge in [0.25, 0.3) is 0 Å². The number of carbonyl (C=O) groups is 1. The maximum absolute atomic E-state index is 12.7. The molecule has 0 heterocycles. The van der Waals surface area contributed by atoms with Crippen LogP contribution >= 0.6 is 0 Å². The van der Waals surface area contributed by atoms with E-state index in [-0.39, 0.29) is 24.2 Å². The molecule has 0 aliphatic rings. The van der Waals surface area contributed by atoms with Crippen molar-refractivity contribution in [2.24, 2.45) is 5.73 Å². The molecule has 0 radical (unpaired) electrons. The summed E-state index contributed by atoms with van der Waals surface area (Å²) < 4.78 is 12.7. The van der Waals surface area contributed by atoms with Crippen molar-refractivity contribution in [3.63, 3.8) is 0 Å². The lowest BCUT2D eigenvalue weighted by molar-refractivity contribution is -0.122. The van der Waals surface area contributed by atoms with Crippen LogP contribution in [0.3, 0.4) is 0 Å². The number of carbonyl (C=O) groups excluding carboxylic acids is 1. The van der Waals surface area contributed by atoms with Gasteiger partial charge in [0.1, 0.15) is 5.82 Å². The van der Waals surface area contributed by atoms with Gasteiger partial charge in [0.15, 0.2) is 0 Å². The first-order valence-electron chi connectivity index (χ1n) is 5.29. The monoisotopic (exact) mass is 234 g/mol. The summed E-state index contributed by atoms with van der Waals surface area (Å²) in [5.41, 5.74) is 6.38. The van der Waals surface area contributed by atoms with E-state index >= 15 is 0 Å². The summed E-state index contributed by atoms with van der Waals surface area (Å²) in [6.07, 6.45) is 5.27. The average Bonchev–Trinajstić information content (AvgIpc) is 2.30. The second kappa shape index (κ2) is 6.02. The van der Waals surface area contributed by atoms with Crippen molar-refractivity contribution in [3.8, 4) is 12.3 Å². The molecule has 1 rings (SSSR count). The van der Waals surface area contributed by atoms with Crippen molar-refractivity contribution >= 4 is 5.91 Å². The minimum absolute atomic E-state index is 0.196. The van der Waals surface area contributed by atoms with Crippen molar-refractivity contribution in [1.29, 1.82) is 0 Å². The molecule has 0 bridgehead atoms. The molecule has 3 N–H and O–H groups in total. The van der Waals surface area contributed by atoms with Crippen LogP contribution in [0.15, 0.2) is 24.3 Å². The maximum Gasteiger partial charge on any atom is 0.238 e. The van der Waals surface area contributed by atoms with Crippen molar-refractivity contribution < 1.29 is 9.18 Å². The average molecular weight is 234 g/mol. The van der Waals surface area contributed by atoms with Crippen LogP contribution in [-0.2, 0) is 4.79 Å². The Morgan fingerprint density at radius 1 is 1.53 bits per heavy atom. The van der Waals surface area contributed by atoms with Gasteiger partial charge in [-0.05, 0) is 24.6 Å². The van der Waals surface area contributed by atoms with Crippen molar-refractivity contribution in [2.45, 2.75) is 25.4 Å². The van der Waals surface area contributed by atoms with E-state index in [0.717, 1.165) is 5.56 Å². The van der Waals surface area contributed by atoms with Crippen LogP contribution in [0.1, 0.15) is 24.9 Å². The molecular formula is C13H15FN2O. The Morgan fingerprint density at radius 2 is 2.12 bits per heavy atom. The molecule has 1 aromatic rings. The highest BCUT2D eigenvalue weighted by Crippen LogP contribution is 2.12. The molecule has 4 heteroatoms. The fourth-order valence-corrected chi connectivity index (χ4v) is 1.37. The van der Waals surface area contributed by atoms with E-state index in [1.54, 1.807) is 19.1 Å². The predicted octanol–water partition coefficient (Wildman–Crippen LogP) is 1.35. The van der Waals surface area contributed by atoms with Gasteiger partial charge in [-0.3, -0.25) is 4.79 Å². The van der Waals surface area contributed by atoms with E-state index in [1.165, 1.54) is 12.1 Å². The molecule has 90 valence electrons. The molecule has 0 aromatic heterocycles.